The highest BCUT2D eigenvalue weighted by Gasteiger charge is 2.19. The summed E-state index contributed by atoms with van der Waals surface area (Å²) < 4.78 is 3.82. The molecule has 4 rings (SSSR count). The van der Waals surface area contributed by atoms with E-state index < -0.39 is 22.5 Å². The Bertz CT molecular complexity index is 1490. The quantitative estimate of drug-likeness (QED) is 0.486. The Morgan fingerprint density at radius 3 is 2.39 bits per heavy atom. The number of hydrogen-bond acceptors (Lipinski definition) is 6. The number of aromatic nitrogens is 5. The number of pyridine rings is 1. The van der Waals surface area contributed by atoms with Crippen LogP contribution in [-0.2, 0) is 20.6 Å². The first kappa shape index (κ1) is 20.3. The molecule has 0 fully saturated rings. The molecule has 2 aliphatic rings. The lowest BCUT2D eigenvalue weighted by Gasteiger charge is -2.24. The predicted molar refractivity (Wildman–Crippen MR) is 119 cm³/mol. The molecule has 1 N–H and O–H groups in total. The highest BCUT2D eigenvalue weighted by atomic mass is 16.2. The van der Waals surface area contributed by atoms with E-state index in [0.717, 1.165) is 25.7 Å². The van der Waals surface area contributed by atoms with E-state index in [1.54, 1.807) is 11.0 Å². The van der Waals surface area contributed by atoms with Crippen LogP contribution in [0.4, 0.5) is 11.5 Å². The lowest BCUT2D eigenvalue weighted by Crippen LogP contribution is -2.35. The third-order valence-electron chi connectivity index (χ3n) is 5.49. The highest BCUT2D eigenvalue weighted by Crippen LogP contribution is 2.30. The predicted octanol–water partition coefficient (Wildman–Crippen LogP) is 0.765. The fourth-order valence-corrected chi connectivity index (χ4v) is 3.76. The molecule has 0 radical (unpaired) electrons. The minimum atomic E-state index is -0.595. The van der Waals surface area contributed by atoms with Gasteiger partial charge in [0.25, 0.3) is 11.1 Å². The van der Waals surface area contributed by atoms with Gasteiger partial charge >= 0.3 is 11.4 Å². The van der Waals surface area contributed by atoms with E-state index in [4.69, 9.17) is 0 Å². The molecule has 160 valence electrons. The number of fused-ring (bicyclic) bond motifs is 2. The second-order valence-electron chi connectivity index (χ2n) is 7.23. The molecule has 31 heavy (non-hydrogen) atoms. The molecule has 0 atom stereocenters. The summed E-state index contributed by atoms with van der Waals surface area (Å²) in [5.41, 5.74) is -0.0114. The highest BCUT2D eigenvalue weighted by molar-refractivity contribution is 5.88. The summed E-state index contributed by atoms with van der Waals surface area (Å²) >= 11 is 0. The summed E-state index contributed by atoms with van der Waals surface area (Å²) in [4.78, 5) is 57.5. The van der Waals surface area contributed by atoms with Gasteiger partial charge in [0.2, 0.25) is 0 Å². The maximum Gasteiger partial charge on any atom is 0.352 e. The molecule has 0 amide bonds. The molecule has 0 spiro atoms. The van der Waals surface area contributed by atoms with Gasteiger partial charge in [-0.3, -0.25) is 23.7 Å². The molecule has 0 saturated carbocycles. The van der Waals surface area contributed by atoms with Gasteiger partial charge in [-0.05, 0) is 38.1 Å². The van der Waals surface area contributed by atoms with Gasteiger partial charge in [0.15, 0.2) is 5.82 Å². The third kappa shape index (κ3) is 3.16. The lowest BCUT2D eigenvalue weighted by molar-refractivity contribution is 0.725. The molecule has 0 bridgehead atoms. The van der Waals surface area contributed by atoms with Crippen molar-refractivity contribution in [2.75, 3.05) is 11.4 Å². The van der Waals surface area contributed by atoms with Crippen LogP contribution in [0.15, 0.2) is 49.5 Å². The van der Waals surface area contributed by atoms with E-state index >= 15 is 0 Å². The summed E-state index contributed by atoms with van der Waals surface area (Å²) in [6, 6.07) is 8.70. The van der Waals surface area contributed by atoms with Gasteiger partial charge in [-0.1, -0.05) is 0 Å². The minimum absolute atomic E-state index is 0.346. The van der Waals surface area contributed by atoms with Crippen molar-refractivity contribution in [3.63, 3.8) is 0 Å². The number of hydrogen-bond donors (Lipinski definition) is 1. The second-order valence-corrected chi connectivity index (χ2v) is 7.23. The molecule has 2 aromatic rings. The van der Waals surface area contributed by atoms with E-state index in [1.165, 1.54) is 20.2 Å². The van der Waals surface area contributed by atoms with E-state index in [0.29, 0.717) is 30.3 Å². The molecule has 3 heterocycles. The SMILES string of the molecule is CCN(c1ccc2c(c1)cc1c(=O)n(C)c(=O)nc-1n2CC)c1cc(=O)n(C)c(=O)[nH]1. The Morgan fingerprint density at radius 1 is 1.00 bits per heavy atom. The Kier molecular flexibility index (Phi) is 4.84. The van der Waals surface area contributed by atoms with Crippen molar-refractivity contribution in [1.29, 1.82) is 0 Å². The van der Waals surface area contributed by atoms with E-state index in [1.807, 2.05) is 36.6 Å². The average molecular weight is 422 g/mol. The standard InChI is InChI=1S/C21H22N6O4/c1-5-26(16-11-17(28)24(3)20(30)22-16)13-7-8-15-12(9-13)10-14-18(27(15)6-2)23-21(31)25(4)19(14)29/h7-11H,5-6H2,1-4H3,(H,22,30). The van der Waals surface area contributed by atoms with Gasteiger partial charge < -0.3 is 9.47 Å². The van der Waals surface area contributed by atoms with Crippen molar-refractivity contribution >= 4 is 22.4 Å². The zero-order valence-corrected chi connectivity index (χ0v) is 17.7. The summed E-state index contributed by atoms with van der Waals surface area (Å²) in [5.74, 6) is 0.728. The average Bonchev–Trinajstić information content (AvgIpc) is 2.75. The smallest absolute Gasteiger partial charge is 0.328 e. The van der Waals surface area contributed by atoms with Gasteiger partial charge in [0, 0.05) is 49.8 Å². The zero-order chi connectivity index (χ0) is 22.4. The van der Waals surface area contributed by atoms with Gasteiger partial charge in [0.05, 0.1) is 5.56 Å². The number of nitrogens with zero attached hydrogens (tertiary/aromatic N) is 5. The van der Waals surface area contributed by atoms with Crippen molar-refractivity contribution in [3.05, 3.63) is 72.0 Å². The number of rotatable bonds is 4. The number of anilines is 2. The molecular weight excluding hydrogens is 400 g/mol. The van der Waals surface area contributed by atoms with Crippen molar-refractivity contribution in [3.8, 4) is 11.4 Å². The second kappa shape index (κ2) is 7.38. The normalized spacial score (nSPS) is 11.4. The van der Waals surface area contributed by atoms with Crippen LogP contribution in [0.25, 0.3) is 22.3 Å². The summed E-state index contributed by atoms with van der Waals surface area (Å²) in [6.07, 6.45) is 0. The number of nitrogens with one attached hydrogen (secondary N) is 1. The molecule has 1 aromatic heterocycles. The summed E-state index contributed by atoms with van der Waals surface area (Å²) in [5, 5.41) is 0.772. The molecule has 1 aromatic carbocycles. The van der Waals surface area contributed by atoms with Gasteiger partial charge in [-0.2, -0.15) is 4.98 Å². The van der Waals surface area contributed by atoms with Gasteiger partial charge in [-0.25, -0.2) is 9.59 Å². The maximum absolute atomic E-state index is 12.7. The van der Waals surface area contributed by atoms with Gasteiger partial charge in [0.1, 0.15) is 5.82 Å². The van der Waals surface area contributed by atoms with Crippen LogP contribution in [0.5, 0.6) is 0 Å². The molecular formula is C21H22N6O4. The summed E-state index contributed by atoms with van der Waals surface area (Å²) in [7, 11) is 2.81. The van der Waals surface area contributed by atoms with Crippen LogP contribution < -0.4 is 27.4 Å². The first-order valence-corrected chi connectivity index (χ1v) is 9.89. The van der Waals surface area contributed by atoms with E-state index in [-0.39, 0.29) is 0 Å². The topological polar surface area (TPSA) is 115 Å². The largest absolute Gasteiger partial charge is 0.352 e. The number of aryl methyl sites for hydroxylation is 1. The van der Waals surface area contributed by atoms with Crippen LogP contribution in [0.3, 0.4) is 0 Å². The van der Waals surface area contributed by atoms with Crippen molar-refractivity contribution in [1.82, 2.24) is 23.7 Å². The first-order chi connectivity index (χ1) is 14.8. The Labute approximate surface area is 176 Å². The summed E-state index contributed by atoms with van der Waals surface area (Å²) in [6.45, 7) is 4.84. The zero-order valence-electron chi connectivity index (χ0n) is 17.7. The fourth-order valence-electron chi connectivity index (χ4n) is 3.76. The molecule has 0 aliphatic carbocycles. The molecule has 10 nitrogen and oxygen atoms in total. The van der Waals surface area contributed by atoms with Crippen molar-refractivity contribution in [2.45, 2.75) is 20.4 Å². The van der Waals surface area contributed by atoms with Crippen molar-refractivity contribution < 1.29 is 0 Å². The van der Waals surface area contributed by atoms with E-state index in [2.05, 4.69) is 9.97 Å². The van der Waals surface area contributed by atoms with Crippen molar-refractivity contribution in [2.24, 2.45) is 14.1 Å². The van der Waals surface area contributed by atoms with Crippen LogP contribution >= 0.6 is 0 Å². The van der Waals surface area contributed by atoms with Crippen LogP contribution in [0.1, 0.15) is 13.8 Å². The lowest BCUT2D eigenvalue weighted by atomic mass is 10.1. The van der Waals surface area contributed by atoms with Crippen LogP contribution in [0.2, 0.25) is 0 Å². The molecule has 10 heteroatoms. The fraction of sp³-hybridized carbons (Fsp3) is 0.286. The first-order valence-electron chi connectivity index (χ1n) is 9.89. The number of benzene rings is 1. The monoisotopic (exact) mass is 422 g/mol. The Hall–Kier alpha value is -3.95. The molecule has 0 unspecified atom stereocenters. The maximum atomic E-state index is 12.7. The van der Waals surface area contributed by atoms with E-state index in [9.17, 15) is 19.2 Å². The molecule has 0 saturated heterocycles. The molecule has 2 aliphatic heterocycles. The third-order valence-corrected chi connectivity index (χ3v) is 5.49. The Balaban J connectivity index is 1.99. The number of H-pyrrole nitrogens is 1. The minimum Gasteiger partial charge on any atom is -0.328 e. The van der Waals surface area contributed by atoms with Crippen LogP contribution in [-0.4, -0.2) is 30.2 Å². The Morgan fingerprint density at radius 2 is 1.74 bits per heavy atom. The van der Waals surface area contributed by atoms with Crippen LogP contribution in [0, 0.1) is 0 Å². The number of aromatic amines is 1. The van der Waals surface area contributed by atoms with Gasteiger partial charge in [-0.15, -0.1) is 0 Å².